The van der Waals surface area contributed by atoms with Crippen molar-refractivity contribution in [1.29, 1.82) is 0 Å². The minimum Gasteiger partial charge on any atom is -0.493 e. The van der Waals surface area contributed by atoms with E-state index in [1.54, 1.807) is 0 Å². The molecule has 1 atom stereocenters. The largest absolute Gasteiger partial charge is 0.493 e. The van der Waals surface area contributed by atoms with Gasteiger partial charge in [-0.2, -0.15) is 0 Å². The molecule has 1 aliphatic rings. The normalized spacial score (nSPS) is 15.4. The fourth-order valence-electron chi connectivity index (χ4n) is 2.65. The molecule has 0 saturated heterocycles. The SMILES string of the molecule is CCNCC(Cc1cc(Br)cc2c1OCC2)C(C)C. The molecule has 1 unspecified atom stereocenters. The molecule has 0 saturated carbocycles. The third-order valence-corrected chi connectivity index (χ3v) is 4.36. The minimum atomic E-state index is 0.655. The highest BCUT2D eigenvalue weighted by molar-refractivity contribution is 9.10. The lowest BCUT2D eigenvalue weighted by Gasteiger charge is -2.22. The Bertz CT molecular complexity index is 431. The van der Waals surface area contributed by atoms with Crippen LogP contribution in [0.1, 0.15) is 31.9 Å². The predicted octanol–water partition coefficient (Wildman–Crippen LogP) is 3.81. The molecular weight excluding hydrogens is 302 g/mol. The Morgan fingerprint density at radius 1 is 1.37 bits per heavy atom. The van der Waals surface area contributed by atoms with E-state index in [-0.39, 0.29) is 0 Å². The number of hydrogen-bond donors (Lipinski definition) is 1. The van der Waals surface area contributed by atoms with Crippen LogP contribution in [0.2, 0.25) is 0 Å². The number of hydrogen-bond acceptors (Lipinski definition) is 2. The summed E-state index contributed by atoms with van der Waals surface area (Å²) in [4.78, 5) is 0. The number of halogens is 1. The zero-order chi connectivity index (χ0) is 13.8. The molecule has 2 nitrogen and oxygen atoms in total. The summed E-state index contributed by atoms with van der Waals surface area (Å²) in [5, 5.41) is 3.48. The van der Waals surface area contributed by atoms with Gasteiger partial charge in [0.2, 0.25) is 0 Å². The van der Waals surface area contributed by atoms with Crippen LogP contribution in [-0.4, -0.2) is 19.7 Å². The van der Waals surface area contributed by atoms with E-state index in [0.29, 0.717) is 11.8 Å². The van der Waals surface area contributed by atoms with Crippen LogP contribution < -0.4 is 10.1 Å². The molecule has 1 aliphatic heterocycles. The highest BCUT2D eigenvalue weighted by Crippen LogP contribution is 2.35. The van der Waals surface area contributed by atoms with Gasteiger partial charge in [0.1, 0.15) is 5.75 Å². The maximum atomic E-state index is 5.83. The molecule has 1 heterocycles. The Kier molecular flexibility index (Phi) is 5.28. The van der Waals surface area contributed by atoms with Crippen molar-refractivity contribution in [2.45, 2.75) is 33.6 Å². The molecule has 0 aliphatic carbocycles. The first-order valence-electron chi connectivity index (χ1n) is 7.26. The topological polar surface area (TPSA) is 21.3 Å². The standard InChI is InChI=1S/C16H24BrNO/c1-4-18-10-14(11(2)3)7-13-9-15(17)8-12-5-6-19-16(12)13/h8-9,11,14,18H,4-7,10H2,1-3H3. The van der Waals surface area contributed by atoms with Crippen LogP contribution in [0.5, 0.6) is 5.75 Å². The Hall–Kier alpha value is -0.540. The zero-order valence-electron chi connectivity index (χ0n) is 12.1. The molecule has 0 amide bonds. The smallest absolute Gasteiger partial charge is 0.125 e. The van der Waals surface area contributed by atoms with Crippen molar-refractivity contribution in [1.82, 2.24) is 5.32 Å². The van der Waals surface area contributed by atoms with Crippen molar-refractivity contribution in [2.24, 2.45) is 11.8 Å². The highest BCUT2D eigenvalue weighted by atomic mass is 79.9. The van der Waals surface area contributed by atoms with Gasteiger partial charge in [-0.1, -0.05) is 36.7 Å². The average Bonchev–Trinajstić information content (AvgIpc) is 2.81. The lowest BCUT2D eigenvalue weighted by atomic mass is 9.88. The van der Waals surface area contributed by atoms with E-state index < -0.39 is 0 Å². The lowest BCUT2D eigenvalue weighted by molar-refractivity contribution is 0.336. The molecule has 2 rings (SSSR count). The van der Waals surface area contributed by atoms with Crippen LogP contribution >= 0.6 is 15.9 Å². The minimum absolute atomic E-state index is 0.655. The van der Waals surface area contributed by atoms with Gasteiger partial charge in [-0.25, -0.2) is 0 Å². The van der Waals surface area contributed by atoms with E-state index in [4.69, 9.17) is 4.74 Å². The highest BCUT2D eigenvalue weighted by Gasteiger charge is 2.21. The van der Waals surface area contributed by atoms with Crippen molar-refractivity contribution in [2.75, 3.05) is 19.7 Å². The van der Waals surface area contributed by atoms with Crippen LogP contribution in [0.3, 0.4) is 0 Å². The molecule has 0 spiro atoms. The lowest BCUT2D eigenvalue weighted by Crippen LogP contribution is -2.27. The Balaban J connectivity index is 2.17. The van der Waals surface area contributed by atoms with Crippen LogP contribution in [-0.2, 0) is 12.8 Å². The van der Waals surface area contributed by atoms with Gasteiger partial charge in [0.15, 0.2) is 0 Å². The maximum Gasteiger partial charge on any atom is 0.125 e. The number of benzene rings is 1. The van der Waals surface area contributed by atoms with Crippen LogP contribution in [0.15, 0.2) is 16.6 Å². The van der Waals surface area contributed by atoms with E-state index in [1.165, 1.54) is 15.6 Å². The summed E-state index contributed by atoms with van der Waals surface area (Å²) in [6.07, 6.45) is 2.13. The monoisotopic (exact) mass is 325 g/mol. The summed E-state index contributed by atoms with van der Waals surface area (Å²) < 4.78 is 7.01. The summed E-state index contributed by atoms with van der Waals surface area (Å²) in [5.41, 5.74) is 2.72. The predicted molar refractivity (Wildman–Crippen MR) is 83.9 cm³/mol. The second-order valence-electron chi connectivity index (χ2n) is 5.67. The van der Waals surface area contributed by atoms with Crippen molar-refractivity contribution in [3.05, 3.63) is 27.7 Å². The molecule has 0 bridgehead atoms. The Morgan fingerprint density at radius 2 is 2.16 bits per heavy atom. The molecule has 0 fully saturated rings. The van der Waals surface area contributed by atoms with Crippen molar-refractivity contribution in [3.8, 4) is 5.75 Å². The third-order valence-electron chi connectivity index (χ3n) is 3.91. The van der Waals surface area contributed by atoms with Gasteiger partial charge < -0.3 is 10.1 Å². The number of nitrogens with one attached hydrogen (secondary N) is 1. The first-order valence-corrected chi connectivity index (χ1v) is 8.06. The molecule has 1 aromatic carbocycles. The summed E-state index contributed by atoms with van der Waals surface area (Å²) >= 11 is 3.62. The molecule has 0 radical (unpaired) electrons. The van der Waals surface area contributed by atoms with Crippen molar-refractivity contribution < 1.29 is 4.74 Å². The summed E-state index contributed by atoms with van der Waals surface area (Å²) in [7, 11) is 0. The molecular formula is C16H24BrNO. The second kappa shape index (κ2) is 6.76. The fourth-order valence-corrected chi connectivity index (χ4v) is 3.21. The Morgan fingerprint density at radius 3 is 2.84 bits per heavy atom. The van der Waals surface area contributed by atoms with Gasteiger partial charge in [-0.15, -0.1) is 0 Å². The van der Waals surface area contributed by atoms with Crippen molar-refractivity contribution in [3.63, 3.8) is 0 Å². The number of ether oxygens (including phenoxy) is 1. The van der Waals surface area contributed by atoms with Gasteiger partial charge in [-0.3, -0.25) is 0 Å². The van der Waals surface area contributed by atoms with Crippen LogP contribution in [0.4, 0.5) is 0 Å². The van der Waals surface area contributed by atoms with Gasteiger partial charge in [0.25, 0.3) is 0 Å². The Labute approximate surface area is 125 Å². The van der Waals surface area contributed by atoms with E-state index in [9.17, 15) is 0 Å². The van der Waals surface area contributed by atoms with E-state index in [0.717, 1.165) is 38.3 Å². The van der Waals surface area contributed by atoms with Crippen molar-refractivity contribution >= 4 is 15.9 Å². The zero-order valence-corrected chi connectivity index (χ0v) is 13.7. The molecule has 0 aromatic heterocycles. The van der Waals surface area contributed by atoms with Gasteiger partial charge in [-0.05, 0) is 54.6 Å². The first-order chi connectivity index (χ1) is 9.11. The van der Waals surface area contributed by atoms with E-state index in [1.807, 2.05) is 0 Å². The summed E-state index contributed by atoms with van der Waals surface area (Å²) in [6, 6.07) is 4.42. The first kappa shape index (κ1) is 14.9. The van der Waals surface area contributed by atoms with Gasteiger partial charge in [0, 0.05) is 10.9 Å². The maximum absolute atomic E-state index is 5.83. The molecule has 106 valence electrons. The summed E-state index contributed by atoms with van der Waals surface area (Å²) in [5.74, 6) is 2.47. The van der Waals surface area contributed by atoms with Gasteiger partial charge in [0.05, 0.1) is 6.61 Å². The van der Waals surface area contributed by atoms with Crippen LogP contribution in [0, 0.1) is 11.8 Å². The molecule has 3 heteroatoms. The molecule has 1 N–H and O–H groups in total. The summed E-state index contributed by atoms with van der Waals surface area (Å²) in [6.45, 7) is 9.73. The number of rotatable bonds is 6. The number of fused-ring (bicyclic) bond motifs is 1. The van der Waals surface area contributed by atoms with Gasteiger partial charge >= 0.3 is 0 Å². The fraction of sp³-hybridized carbons (Fsp3) is 0.625. The van der Waals surface area contributed by atoms with Crippen LogP contribution in [0.25, 0.3) is 0 Å². The third kappa shape index (κ3) is 3.73. The quantitative estimate of drug-likeness (QED) is 0.858. The molecule has 1 aromatic rings. The van der Waals surface area contributed by atoms with E-state index in [2.05, 4.69) is 54.2 Å². The average molecular weight is 326 g/mol. The second-order valence-corrected chi connectivity index (χ2v) is 6.58. The van der Waals surface area contributed by atoms with E-state index >= 15 is 0 Å². The molecule has 19 heavy (non-hydrogen) atoms.